The monoisotopic (exact) mass is 342 g/mol. The summed E-state index contributed by atoms with van der Waals surface area (Å²) in [5.41, 5.74) is 0. The van der Waals surface area contributed by atoms with Crippen molar-refractivity contribution in [3.05, 3.63) is 30.6 Å². The van der Waals surface area contributed by atoms with Gasteiger partial charge in [0, 0.05) is 12.1 Å². The first-order chi connectivity index (χ1) is 9.27. The van der Waals surface area contributed by atoms with Gasteiger partial charge in [0.15, 0.2) is 12.4 Å². The quantitative estimate of drug-likeness (QED) is 0.609. The van der Waals surface area contributed by atoms with Gasteiger partial charge < -0.3 is 0 Å². The highest BCUT2D eigenvalue weighted by Gasteiger charge is 2.65. The van der Waals surface area contributed by atoms with Gasteiger partial charge in [-0.05, 0) is 0 Å². The van der Waals surface area contributed by atoms with Crippen LogP contribution in [-0.2, 0) is 14.5 Å². The molecule has 0 fully saturated rings. The minimum Gasteiger partial charge on any atom is -0.196 e. The van der Waals surface area contributed by atoms with E-state index in [-0.39, 0.29) is 3.97 Å². The molecule has 0 spiro atoms. The number of halogens is 7. The molecule has 12 heteroatoms. The highest BCUT2D eigenvalue weighted by atomic mass is 32.2. The van der Waals surface area contributed by atoms with Crippen molar-refractivity contribution >= 4 is 10.3 Å². The molecule has 1 aromatic rings. The van der Waals surface area contributed by atoms with E-state index in [9.17, 15) is 39.2 Å². The summed E-state index contributed by atoms with van der Waals surface area (Å²) >= 11 is 0. The Balaban J connectivity index is 3.04. The zero-order chi connectivity index (χ0) is 16.5. The Morgan fingerprint density at radius 3 is 1.81 bits per heavy atom. The maximum atomic E-state index is 13.0. The van der Waals surface area contributed by atoms with Gasteiger partial charge >= 0.3 is 28.5 Å². The molecule has 0 radical (unpaired) electrons. The fourth-order valence-corrected chi connectivity index (χ4v) is 2.03. The SMILES string of the molecule is O=S(=O)(OC(F)(F)C(F)(F)CC(F)(F)F)[n+]1ccccc1. The van der Waals surface area contributed by atoms with Crippen LogP contribution in [0.5, 0.6) is 0 Å². The van der Waals surface area contributed by atoms with Crippen LogP contribution in [-0.4, -0.2) is 26.6 Å². The lowest BCUT2D eigenvalue weighted by Crippen LogP contribution is -2.53. The average Bonchev–Trinajstić information content (AvgIpc) is 2.25. The Bertz CT molecular complexity index is 585. The number of alkyl halides is 7. The summed E-state index contributed by atoms with van der Waals surface area (Å²) < 4.78 is 113. The average molecular weight is 342 g/mol. The van der Waals surface area contributed by atoms with Gasteiger partial charge in [-0.1, -0.05) is 10.0 Å². The second kappa shape index (κ2) is 5.40. The third kappa shape index (κ3) is 4.52. The van der Waals surface area contributed by atoms with Crippen molar-refractivity contribution in [2.75, 3.05) is 0 Å². The molecule has 0 saturated heterocycles. The van der Waals surface area contributed by atoms with Crippen LogP contribution in [0.25, 0.3) is 0 Å². The lowest BCUT2D eigenvalue weighted by atomic mass is 10.2. The molecule has 4 nitrogen and oxygen atoms in total. The van der Waals surface area contributed by atoms with E-state index in [1.807, 2.05) is 0 Å². The van der Waals surface area contributed by atoms with E-state index in [1.54, 1.807) is 0 Å². The molecule has 0 unspecified atom stereocenters. The second-order valence-corrected chi connectivity index (χ2v) is 5.20. The zero-order valence-corrected chi connectivity index (χ0v) is 10.6. The van der Waals surface area contributed by atoms with Crippen LogP contribution in [0.2, 0.25) is 0 Å². The van der Waals surface area contributed by atoms with Crippen molar-refractivity contribution in [3.8, 4) is 0 Å². The number of rotatable bonds is 5. The molecule has 0 bridgehead atoms. The van der Waals surface area contributed by atoms with Crippen LogP contribution in [0, 0.1) is 0 Å². The summed E-state index contributed by atoms with van der Waals surface area (Å²) in [5.74, 6) is -5.76. The number of aromatic nitrogens is 1. The van der Waals surface area contributed by atoms with E-state index in [0.29, 0.717) is 12.4 Å². The molecule has 0 atom stereocenters. The van der Waals surface area contributed by atoms with E-state index >= 15 is 0 Å². The molecule has 1 heterocycles. The van der Waals surface area contributed by atoms with Crippen molar-refractivity contribution in [3.63, 3.8) is 0 Å². The Kier molecular flexibility index (Phi) is 4.53. The van der Waals surface area contributed by atoms with Crippen LogP contribution < -0.4 is 3.97 Å². The van der Waals surface area contributed by atoms with Gasteiger partial charge in [0.25, 0.3) is 0 Å². The van der Waals surface area contributed by atoms with Gasteiger partial charge in [-0.15, -0.1) is 12.6 Å². The first-order valence-corrected chi connectivity index (χ1v) is 6.38. The zero-order valence-electron chi connectivity index (χ0n) is 9.82. The van der Waals surface area contributed by atoms with E-state index in [1.165, 1.54) is 6.07 Å². The Morgan fingerprint density at radius 1 is 0.905 bits per heavy atom. The number of pyridine rings is 1. The topological polar surface area (TPSA) is 47.3 Å². The van der Waals surface area contributed by atoms with Crippen LogP contribution in [0.3, 0.4) is 0 Å². The minimum atomic E-state index is -5.87. The largest absolute Gasteiger partial charge is 0.519 e. The molecule has 1 rings (SSSR count). The summed E-state index contributed by atoms with van der Waals surface area (Å²) in [6, 6.07) is 3.38. The third-order valence-corrected chi connectivity index (χ3v) is 3.18. The lowest BCUT2D eigenvalue weighted by molar-refractivity contribution is -0.527. The van der Waals surface area contributed by atoms with Crippen molar-refractivity contribution in [1.82, 2.24) is 0 Å². The molecule has 0 aliphatic rings. The van der Waals surface area contributed by atoms with E-state index < -0.39 is 34.9 Å². The van der Waals surface area contributed by atoms with Gasteiger partial charge in [-0.25, -0.2) is 0 Å². The maximum Gasteiger partial charge on any atom is 0.519 e. The molecule has 21 heavy (non-hydrogen) atoms. The van der Waals surface area contributed by atoms with E-state index in [4.69, 9.17) is 0 Å². The summed E-state index contributed by atoms with van der Waals surface area (Å²) in [6.45, 7) is 0. The Hall–Kier alpha value is -1.43. The van der Waals surface area contributed by atoms with Crippen molar-refractivity contribution in [1.29, 1.82) is 0 Å². The molecule has 0 saturated carbocycles. The minimum absolute atomic E-state index is 0.00454. The Morgan fingerprint density at radius 2 is 1.38 bits per heavy atom. The normalized spacial score (nSPS) is 14.2. The molecule has 0 N–H and O–H groups in total. The van der Waals surface area contributed by atoms with E-state index in [2.05, 4.69) is 4.18 Å². The van der Waals surface area contributed by atoms with Crippen molar-refractivity contribution < 1.29 is 47.3 Å². The molecule has 0 aliphatic heterocycles. The molecular weight excluding hydrogens is 335 g/mol. The first-order valence-electron chi connectivity index (χ1n) is 5.02. The predicted octanol–water partition coefficient (Wildman–Crippen LogP) is 2.26. The van der Waals surface area contributed by atoms with Crippen molar-refractivity contribution in [2.24, 2.45) is 0 Å². The van der Waals surface area contributed by atoms with Crippen LogP contribution in [0.4, 0.5) is 30.7 Å². The number of hydrogen-bond acceptors (Lipinski definition) is 3. The molecule has 1 aromatic heterocycles. The Labute approximate surface area is 114 Å². The molecule has 0 aliphatic carbocycles. The highest BCUT2D eigenvalue weighted by molar-refractivity contribution is 7.80. The standard InChI is InChI=1S/C9H7F7NO3S/c10-7(11,6-8(12,13)14)9(15,16)20-21(18,19)17-4-2-1-3-5-17/h1-5H,6H2/q+1. The van der Waals surface area contributed by atoms with Crippen LogP contribution >= 0.6 is 0 Å². The summed E-state index contributed by atoms with van der Waals surface area (Å²) in [6.07, 6.45) is -13.4. The third-order valence-electron chi connectivity index (χ3n) is 2.00. The summed E-state index contributed by atoms with van der Waals surface area (Å²) in [7, 11) is -5.44. The van der Waals surface area contributed by atoms with Crippen LogP contribution in [0.15, 0.2) is 30.6 Å². The highest BCUT2D eigenvalue weighted by Crippen LogP contribution is 2.43. The first kappa shape index (κ1) is 17.6. The predicted molar refractivity (Wildman–Crippen MR) is 52.6 cm³/mol. The van der Waals surface area contributed by atoms with Gasteiger partial charge in [-0.2, -0.15) is 30.7 Å². The van der Waals surface area contributed by atoms with E-state index in [0.717, 1.165) is 12.1 Å². The van der Waals surface area contributed by atoms with Gasteiger partial charge in [0.2, 0.25) is 0 Å². The molecule has 120 valence electrons. The fourth-order valence-electron chi connectivity index (χ4n) is 1.12. The number of nitrogens with zero attached hydrogens (tertiary/aromatic N) is 1. The maximum absolute atomic E-state index is 13.0. The van der Waals surface area contributed by atoms with Crippen LogP contribution in [0.1, 0.15) is 6.42 Å². The van der Waals surface area contributed by atoms with Crippen molar-refractivity contribution in [2.45, 2.75) is 24.6 Å². The van der Waals surface area contributed by atoms with Gasteiger partial charge in [0.1, 0.15) is 6.42 Å². The smallest absolute Gasteiger partial charge is 0.196 e. The van der Waals surface area contributed by atoms with Gasteiger partial charge in [-0.3, -0.25) is 0 Å². The lowest BCUT2D eigenvalue weighted by Gasteiger charge is -2.24. The molecular formula is C9H7F7NO3S+. The summed E-state index contributed by atoms with van der Waals surface area (Å²) in [5, 5.41) is 0. The van der Waals surface area contributed by atoms with Gasteiger partial charge in [0.05, 0.1) is 0 Å². The fraction of sp³-hybridized carbons (Fsp3) is 0.444. The number of hydrogen-bond donors (Lipinski definition) is 0. The second-order valence-electron chi connectivity index (χ2n) is 3.76. The summed E-state index contributed by atoms with van der Waals surface area (Å²) in [4.78, 5) is 0. The molecule has 0 aromatic carbocycles. The molecule has 0 amide bonds.